The van der Waals surface area contributed by atoms with Gasteiger partial charge in [0, 0.05) is 10.4 Å². The van der Waals surface area contributed by atoms with Crippen LogP contribution in [0.15, 0.2) is 95.9 Å². The van der Waals surface area contributed by atoms with Gasteiger partial charge >= 0.3 is 0 Å². The number of rotatable bonds is 7. The number of ketones is 1. The van der Waals surface area contributed by atoms with Crippen LogP contribution in [0, 0.1) is 6.92 Å². The molecule has 1 aliphatic heterocycles. The summed E-state index contributed by atoms with van der Waals surface area (Å²) in [5, 5.41) is 13.4. The van der Waals surface area contributed by atoms with E-state index in [1.54, 1.807) is 31.4 Å². The quantitative estimate of drug-likeness (QED) is 0.175. The largest absolute Gasteiger partial charge is 0.507 e. The first-order chi connectivity index (χ1) is 18.0. The highest BCUT2D eigenvalue weighted by atomic mass is 32.1. The van der Waals surface area contributed by atoms with E-state index in [4.69, 9.17) is 9.47 Å². The third-order valence-electron chi connectivity index (χ3n) is 6.29. The number of ether oxygens (including phenoxy) is 2. The summed E-state index contributed by atoms with van der Waals surface area (Å²) in [7, 11) is 1.56. The number of aryl methyl sites for hydroxylation is 1. The number of methoxy groups -OCH3 is 1. The summed E-state index contributed by atoms with van der Waals surface area (Å²) in [6.45, 7) is 2.07. The third-order valence-corrected chi connectivity index (χ3v) is 7.15. The maximum Gasteiger partial charge on any atom is 0.295 e. The Balaban J connectivity index is 1.62. The van der Waals surface area contributed by atoms with E-state index in [-0.39, 0.29) is 17.9 Å². The first-order valence-electron chi connectivity index (χ1n) is 11.7. The van der Waals surface area contributed by atoms with Crippen molar-refractivity contribution in [1.29, 1.82) is 0 Å². The molecule has 1 aromatic heterocycles. The van der Waals surface area contributed by atoms with Crippen LogP contribution in [0.1, 0.15) is 27.6 Å². The number of para-hydroxylation sites is 1. The van der Waals surface area contributed by atoms with E-state index in [9.17, 15) is 14.7 Å². The fraction of sp³-hybridized carbons (Fsp3) is 0.133. The number of hydrogen-bond donors (Lipinski definition) is 1. The Kier molecular flexibility index (Phi) is 6.79. The predicted molar refractivity (Wildman–Crippen MR) is 143 cm³/mol. The second kappa shape index (κ2) is 10.3. The Morgan fingerprint density at radius 2 is 1.70 bits per heavy atom. The number of thiophene rings is 1. The minimum atomic E-state index is -0.789. The smallest absolute Gasteiger partial charge is 0.295 e. The molecule has 0 spiro atoms. The van der Waals surface area contributed by atoms with Crippen LogP contribution in [-0.4, -0.2) is 28.8 Å². The second-order valence-corrected chi connectivity index (χ2v) is 9.71. The highest BCUT2D eigenvalue weighted by Gasteiger charge is 2.46. The van der Waals surface area contributed by atoms with Crippen LogP contribution in [0.2, 0.25) is 0 Å². The van der Waals surface area contributed by atoms with Crippen molar-refractivity contribution < 1.29 is 24.2 Å². The molecule has 7 heteroatoms. The lowest BCUT2D eigenvalue weighted by Crippen LogP contribution is -2.28. The number of carbonyl (C=O) groups is 2. The molecular weight excluding hydrogens is 486 g/mol. The first kappa shape index (κ1) is 24.3. The van der Waals surface area contributed by atoms with Crippen molar-refractivity contribution in [1.82, 2.24) is 4.90 Å². The van der Waals surface area contributed by atoms with E-state index in [1.165, 1.54) is 16.2 Å². The lowest BCUT2D eigenvalue weighted by Gasteiger charge is -2.25. The van der Waals surface area contributed by atoms with E-state index in [2.05, 4.69) is 0 Å². The highest BCUT2D eigenvalue weighted by Crippen LogP contribution is 2.42. The summed E-state index contributed by atoms with van der Waals surface area (Å²) in [6, 6.07) is 24.9. The van der Waals surface area contributed by atoms with Crippen LogP contribution in [0.3, 0.4) is 0 Å². The van der Waals surface area contributed by atoms with Gasteiger partial charge in [-0.15, -0.1) is 11.3 Å². The number of amides is 1. The van der Waals surface area contributed by atoms with Gasteiger partial charge in [-0.25, -0.2) is 0 Å². The number of carbonyl (C=O) groups excluding carboxylic acids is 2. The number of benzene rings is 3. The average Bonchev–Trinajstić information content (AvgIpc) is 3.51. The third kappa shape index (κ3) is 4.86. The van der Waals surface area contributed by atoms with Gasteiger partial charge in [0.25, 0.3) is 11.7 Å². The van der Waals surface area contributed by atoms with Gasteiger partial charge in [0.05, 0.1) is 25.3 Å². The Labute approximate surface area is 219 Å². The van der Waals surface area contributed by atoms with Gasteiger partial charge in [0.15, 0.2) is 0 Å². The molecule has 4 aromatic rings. The SMILES string of the molecule is COc1ccc(/C(O)=C2\C(=O)C(=O)N(Cc3cccs3)C2c2cccc(Oc3ccccc3)c2)c(C)c1. The zero-order valence-corrected chi connectivity index (χ0v) is 21.2. The van der Waals surface area contributed by atoms with Crippen LogP contribution in [0.5, 0.6) is 17.2 Å². The molecule has 1 fully saturated rings. The van der Waals surface area contributed by atoms with Crippen molar-refractivity contribution in [2.24, 2.45) is 0 Å². The molecule has 0 bridgehead atoms. The van der Waals surface area contributed by atoms with Gasteiger partial charge in [0.2, 0.25) is 0 Å². The zero-order chi connectivity index (χ0) is 25.9. The minimum absolute atomic E-state index is 0.0479. The Hall–Kier alpha value is -4.36. The Morgan fingerprint density at radius 3 is 2.41 bits per heavy atom. The van der Waals surface area contributed by atoms with E-state index in [0.29, 0.717) is 28.4 Å². The number of likely N-dealkylation sites (tertiary alicyclic amines) is 1. The van der Waals surface area contributed by atoms with E-state index in [0.717, 1.165) is 10.4 Å². The van der Waals surface area contributed by atoms with Gasteiger partial charge in [0.1, 0.15) is 23.0 Å². The molecule has 1 amide bonds. The van der Waals surface area contributed by atoms with Gasteiger partial charge < -0.3 is 19.5 Å². The maximum absolute atomic E-state index is 13.4. The van der Waals surface area contributed by atoms with Gasteiger partial charge in [-0.3, -0.25) is 9.59 Å². The first-order valence-corrected chi connectivity index (χ1v) is 12.6. The van der Waals surface area contributed by atoms with Crippen LogP contribution < -0.4 is 9.47 Å². The van der Waals surface area contributed by atoms with Crippen molar-refractivity contribution in [3.05, 3.63) is 117 Å². The molecule has 0 radical (unpaired) electrons. The number of hydrogen-bond acceptors (Lipinski definition) is 6. The molecule has 2 heterocycles. The topological polar surface area (TPSA) is 76.1 Å². The Bertz CT molecular complexity index is 1480. The molecule has 186 valence electrons. The molecule has 37 heavy (non-hydrogen) atoms. The van der Waals surface area contributed by atoms with E-state index < -0.39 is 17.7 Å². The number of aliphatic hydroxyl groups excluding tert-OH is 1. The standard InChI is InChI=1S/C30H25NO5S/c1-19-16-22(35-2)13-14-25(19)28(32)26-27(31(30(34)29(26)33)18-24-12-7-15-37-24)20-8-6-11-23(17-20)36-21-9-4-3-5-10-21/h3-17,27,32H,18H2,1-2H3/b28-26+. The number of Topliss-reactive ketones (excluding diaryl/α,β-unsaturated/α-hetero) is 1. The van der Waals surface area contributed by atoms with Crippen molar-refractivity contribution in [3.8, 4) is 17.2 Å². The normalized spacial score (nSPS) is 16.7. The minimum Gasteiger partial charge on any atom is -0.507 e. The number of aliphatic hydroxyl groups is 1. The molecule has 6 nitrogen and oxygen atoms in total. The lowest BCUT2D eigenvalue weighted by molar-refractivity contribution is -0.140. The van der Waals surface area contributed by atoms with Crippen molar-refractivity contribution >= 4 is 28.8 Å². The van der Waals surface area contributed by atoms with Crippen LogP contribution in [0.4, 0.5) is 0 Å². The van der Waals surface area contributed by atoms with E-state index in [1.807, 2.05) is 73.0 Å². The molecule has 1 atom stereocenters. The van der Waals surface area contributed by atoms with Crippen LogP contribution >= 0.6 is 11.3 Å². The fourth-order valence-electron chi connectivity index (χ4n) is 4.51. The molecule has 5 rings (SSSR count). The summed E-state index contributed by atoms with van der Waals surface area (Å²) in [5.74, 6) is 0.275. The highest BCUT2D eigenvalue weighted by molar-refractivity contribution is 7.09. The van der Waals surface area contributed by atoms with Gasteiger partial charge in [-0.05, 0) is 72.0 Å². The lowest BCUT2D eigenvalue weighted by atomic mass is 9.93. The second-order valence-electron chi connectivity index (χ2n) is 8.67. The average molecular weight is 512 g/mol. The molecule has 1 saturated heterocycles. The van der Waals surface area contributed by atoms with Crippen LogP contribution in [-0.2, 0) is 16.1 Å². The van der Waals surface area contributed by atoms with Crippen molar-refractivity contribution in [2.75, 3.05) is 7.11 Å². The summed E-state index contributed by atoms with van der Waals surface area (Å²) < 4.78 is 11.3. The van der Waals surface area contributed by atoms with Crippen molar-refractivity contribution in [2.45, 2.75) is 19.5 Å². The van der Waals surface area contributed by atoms with Crippen molar-refractivity contribution in [3.63, 3.8) is 0 Å². The van der Waals surface area contributed by atoms with Crippen LogP contribution in [0.25, 0.3) is 5.76 Å². The maximum atomic E-state index is 13.4. The summed E-state index contributed by atoms with van der Waals surface area (Å²) >= 11 is 1.51. The molecular formula is C30H25NO5S. The Morgan fingerprint density at radius 1 is 0.919 bits per heavy atom. The molecule has 1 N–H and O–H groups in total. The summed E-state index contributed by atoms with van der Waals surface area (Å²) in [6.07, 6.45) is 0. The predicted octanol–water partition coefficient (Wildman–Crippen LogP) is 6.48. The summed E-state index contributed by atoms with van der Waals surface area (Å²) in [5.41, 5.74) is 1.90. The summed E-state index contributed by atoms with van der Waals surface area (Å²) in [4.78, 5) is 29.1. The monoisotopic (exact) mass is 511 g/mol. The molecule has 1 aliphatic rings. The fourth-order valence-corrected chi connectivity index (χ4v) is 5.21. The van der Waals surface area contributed by atoms with Gasteiger partial charge in [-0.1, -0.05) is 36.4 Å². The zero-order valence-electron chi connectivity index (χ0n) is 20.4. The van der Waals surface area contributed by atoms with E-state index >= 15 is 0 Å². The molecule has 1 unspecified atom stereocenters. The molecule has 0 saturated carbocycles. The molecule has 3 aromatic carbocycles. The molecule has 0 aliphatic carbocycles. The number of nitrogens with zero attached hydrogens (tertiary/aromatic N) is 1. The van der Waals surface area contributed by atoms with Gasteiger partial charge in [-0.2, -0.15) is 0 Å².